The summed E-state index contributed by atoms with van der Waals surface area (Å²) in [4.78, 5) is 0. The number of aliphatic hydroxyl groups is 2. The Morgan fingerprint density at radius 2 is 1.27 bits per heavy atom. The van der Waals surface area contributed by atoms with Crippen LogP contribution in [0.3, 0.4) is 0 Å². The van der Waals surface area contributed by atoms with Gasteiger partial charge in [-0.15, -0.1) is 0 Å². The molecule has 1 aromatic carbocycles. The van der Waals surface area contributed by atoms with Gasteiger partial charge in [0.2, 0.25) is 0 Å². The van der Waals surface area contributed by atoms with Crippen LogP contribution in [0.25, 0.3) is 0 Å². The van der Waals surface area contributed by atoms with Crippen molar-refractivity contribution in [1.29, 1.82) is 0 Å². The van der Waals surface area contributed by atoms with E-state index in [1.165, 1.54) is 0 Å². The predicted octanol–water partition coefficient (Wildman–Crippen LogP) is 1.67. The Bertz CT molecular complexity index is 142. The van der Waals surface area contributed by atoms with Gasteiger partial charge < -0.3 is 10.2 Å². The first-order chi connectivity index (χ1) is 5.39. The zero-order valence-electron chi connectivity index (χ0n) is 6.66. The van der Waals surface area contributed by atoms with Gasteiger partial charge in [0.05, 0.1) is 0 Å². The molecule has 0 aliphatic heterocycles. The first-order valence-corrected chi connectivity index (χ1v) is 3.79. The number of benzene rings is 1. The maximum absolute atomic E-state index is 7.00. The van der Waals surface area contributed by atoms with E-state index in [1.807, 2.05) is 30.3 Å². The maximum Gasteiger partial charge on any atom is 0.0319 e. The zero-order valence-corrected chi connectivity index (χ0v) is 8.25. The summed E-state index contributed by atoms with van der Waals surface area (Å²) in [7, 11) is 2.00. The summed E-state index contributed by atoms with van der Waals surface area (Å²) < 4.78 is 1.13. The molecule has 2 N–H and O–H groups in total. The fourth-order valence-electron chi connectivity index (χ4n) is 0.415. The summed E-state index contributed by atoms with van der Waals surface area (Å²) in [6.07, 6.45) is 0. The SMILES string of the molecule is Brc1ccccc1.CO.CO. The van der Waals surface area contributed by atoms with Gasteiger partial charge >= 0.3 is 0 Å². The lowest BCUT2D eigenvalue weighted by atomic mass is 10.4. The maximum atomic E-state index is 7.00. The second-order valence-electron chi connectivity index (χ2n) is 1.30. The molecule has 0 fully saturated rings. The van der Waals surface area contributed by atoms with Gasteiger partial charge in [-0.25, -0.2) is 0 Å². The molecule has 0 radical (unpaired) electrons. The molecule has 0 bridgehead atoms. The van der Waals surface area contributed by atoms with Crippen molar-refractivity contribution in [1.82, 2.24) is 0 Å². The summed E-state index contributed by atoms with van der Waals surface area (Å²) in [5.74, 6) is 0. The van der Waals surface area contributed by atoms with Crippen LogP contribution in [0.5, 0.6) is 0 Å². The van der Waals surface area contributed by atoms with E-state index in [1.54, 1.807) is 0 Å². The number of rotatable bonds is 0. The molecule has 0 aliphatic rings. The van der Waals surface area contributed by atoms with E-state index in [9.17, 15) is 0 Å². The van der Waals surface area contributed by atoms with Crippen LogP contribution in [0.15, 0.2) is 34.8 Å². The van der Waals surface area contributed by atoms with Crippen LogP contribution in [0.1, 0.15) is 0 Å². The molecule has 1 aromatic rings. The molecule has 2 nitrogen and oxygen atoms in total. The lowest BCUT2D eigenvalue weighted by Crippen LogP contribution is -1.55. The van der Waals surface area contributed by atoms with Crippen molar-refractivity contribution >= 4 is 15.9 Å². The Labute approximate surface area is 75.6 Å². The number of hydrogen-bond acceptors (Lipinski definition) is 2. The second kappa shape index (κ2) is 12.3. The average molecular weight is 221 g/mol. The molecular formula is C8H13BrO2. The van der Waals surface area contributed by atoms with Crippen molar-refractivity contribution < 1.29 is 10.2 Å². The standard InChI is InChI=1S/C6H5Br.2CH4O/c7-6-4-2-1-3-5-6;2*1-2/h1-5H;2*2H,1H3. The van der Waals surface area contributed by atoms with E-state index in [0.717, 1.165) is 18.7 Å². The monoisotopic (exact) mass is 220 g/mol. The molecule has 11 heavy (non-hydrogen) atoms. The molecule has 1 rings (SSSR count). The van der Waals surface area contributed by atoms with Crippen LogP contribution in [-0.4, -0.2) is 24.4 Å². The van der Waals surface area contributed by atoms with E-state index in [0.29, 0.717) is 0 Å². The highest BCUT2D eigenvalue weighted by molar-refractivity contribution is 9.10. The van der Waals surface area contributed by atoms with Crippen LogP contribution in [0.4, 0.5) is 0 Å². The Morgan fingerprint density at radius 1 is 0.909 bits per heavy atom. The van der Waals surface area contributed by atoms with Gasteiger partial charge in [0.1, 0.15) is 0 Å². The summed E-state index contributed by atoms with van der Waals surface area (Å²) >= 11 is 3.31. The third-order valence-electron chi connectivity index (χ3n) is 0.733. The normalized spacial score (nSPS) is 6.64. The largest absolute Gasteiger partial charge is 0.400 e. The van der Waals surface area contributed by atoms with E-state index in [2.05, 4.69) is 15.9 Å². The fraction of sp³-hybridized carbons (Fsp3) is 0.250. The molecule has 0 atom stereocenters. The third kappa shape index (κ3) is 9.62. The first-order valence-electron chi connectivity index (χ1n) is 2.99. The summed E-state index contributed by atoms with van der Waals surface area (Å²) in [5.41, 5.74) is 0. The molecule has 64 valence electrons. The summed E-state index contributed by atoms with van der Waals surface area (Å²) in [6.45, 7) is 0. The molecule has 0 unspecified atom stereocenters. The lowest BCUT2D eigenvalue weighted by molar-refractivity contribution is 0.399. The molecule has 0 aromatic heterocycles. The highest BCUT2D eigenvalue weighted by Gasteiger charge is 1.74. The van der Waals surface area contributed by atoms with Crippen LogP contribution in [0.2, 0.25) is 0 Å². The van der Waals surface area contributed by atoms with Crippen molar-refractivity contribution in [3.05, 3.63) is 34.8 Å². The van der Waals surface area contributed by atoms with Crippen molar-refractivity contribution in [2.75, 3.05) is 14.2 Å². The van der Waals surface area contributed by atoms with Gasteiger partial charge in [-0.1, -0.05) is 34.1 Å². The topological polar surface area (TPSA) is 40.5 Å². The van der Waals surface area contributed by atoms with Crippen LogP contribution < -0.4 is 0 Å². The van der Waals surface area contributed by atoms with E-state index in [4.69, 9.17) is 10.2 Å². The number of hydrogen-bond donors (Lipinski definition) is 2. The lowest BCUT2D eigenvalue weighted by Gasteiger charge is -1.80. The van der Waals surface area contributed by atoms with Crippen molar-refractivity contribution in [2.24, 2.45) is 0 Å². The van der Waals surface area contributed by atoms with E-state index in [-0.39, 0.29) is 0 Å². The molecule has 0 aliphatic carbocycles. The Kier molecular flexibility index (Phi) is 14.8. The van der Waals surface area contributed by atoms with Crippen LogP contribution >= 0.6 is 15.9 Å². The van der Waals surface area contributed by atoms with Crippen molar-refractivity contribution in [2.45, 2.75) is 0 Å². The first kappa shape index (κ1) is 13.2. The second-order valence-corrected chi connectivity index (χ2v) is 2.21. The Balaban J connectivity index is 0. The summed E-state index contributed by atoms with van der Waals surface area (Å²) in [5, 5.41) is 14.0. The van der Waals surface area contributed by atoms with Crippen molar-refractivity contribution in [3.8, 4) is 0 Å². The molecule has 3 heteroatoms. The smallest absolute Gasteiger partial charge is 0.0319 e. The number of halogens is 1. The average Bonchev–Trinajstić information content (AvgIpc) is 2.13. The molecule has 0 amide bonds. The minimum absolute atomic E-state index is 1.00. The quantitative estimate of drug-likeness (QED) is 0.699. The molecular weight excluding hydrogens is 208 g/mol. The van der Waals surface area contributed by atoms with Gasteiger partial charge in [-0.2, -0.15) is 0 Å². The minimum Gasteiger partial charge on any atom is -0.400 e. The van der Waals surface area contributed by atoms with E-state index >= 15 is 0 Å². The van der Waals surface area contributed by atoms with Crippen LogP contribution in [0, 0.1) is 0 Å². The van der Waals surface area contributed by atoms with Gasteiger partial charge in [0.25, 0.3) is 0 Å². The van der Waals surface area contributed by atoms with Gasteiger partial charge in [-0.05, 0) is 12.1 Å². The molecule has 0 spiro atoms. The summed E-state index contributed by atoms with van der Waals surface area (Å²) in [6, 6.07) is 9.97. The molecule has 0 saturated heterocycles. The number of aliphatic hydroxyl groups excluding tert-OH is 2. The Morgan fingerprint density at radius 3 is 1.45 bits per heavy atom. The van der Waals surface area contributed by atoms with Crippen molar-refractivity contribution in [3.63, 3.8) is 0 Å². The molecule has 0 heterocycles. The fourth-order valence-corrected chi connectivity index (χ4v) is 0.720. The van der Waals surface area contributed by atoms with E-state index < -0.39 is 0 Å². The minimum atomic E-state index is 1.00. The molecule has 0 saturated carbocycles. The predicted molar refractivity (Wildman–Crippen MR) is 50.4 cm³/mol. The van der Waals surface area contributed by atoms with Crippen LogP contribution in [-0.2, 0) is 0 Å². The van der Waals surface area contributed by atoms with Gasteiger partial charge in [-0.3, -0.25) is 0 Å². The highest BCUT2D eigenvalue weighted by atomic mass is 79.9. The Hall–Kier alpha value is -0.380. The third-order valence-corrected chi connectivity index (χ3v) is 1.26. The highest BCUT2D eigenvalue weighted by Crippen LogP contribution is 2.05. The van der Waals surface area contributed by atoms with Gasteiger partial charge in [0, 0.05) is 18.7 Å². The zero-order chi connectivity index (χ0) is 9.11. The van der Waals surface area contributed by atoms with Gasteiger partial charge in [0.15, 0.2) is 0 Å².